The Bertz CT molecular complexity index is 564. The van der Waals surface area contributed by atoms with Gasteiger partial charge in [-0.3, -0.25) is 4.79 Å². The molecule has 0 radical (unpaired) electrons. The highest BCUT2D eigenvalue weighted by Crippen LogP contribution is 2.69. The van der Waals surface area contributed by atoms with Crippen LogP contribution >= 0.6 is 0 Å². The maximum Gasteiger partial charge on any atom is 0.169 e. The van der Waals surface area contributed by atoms with Crippen molar-refractivity contribution in [3.05, 3.63) is 34.9 Å². The number of hydrogen-bond acceptors (Lipinski definition) is 1. The Hall–Kier alpha value is -1.25. The predicted molar refractivity (Wildman–Crippen MR) is 66.7 cm³/mol. The average Bonchev–Trinajstić information content (AvgIpc) is 2.81. The summed E-state index contributed by atoms with van der Waals surface area (Å²) in [6.07, 6.45) is 3.74. The van der Waals surface area contributed by atoms with E-state index in [9.17, 15) is 13.6 Å². The van der Waals surface area contributed by atoms with Crippen LogP contribution in [0.4, 0.5) is 8.78 Å². The van der Waals surface area contributed by atoms with Crippen molar-refractivity contribution < 1.29 is 13.6 Å². The van der Waals surface area contributed by atoms with E-state index >= 15 is 0 Å². The van der Waals surface area contributed by atoms with Crippen LogP contribution in [0.15, 0.2) is 12.1 Å². The Balaban J connectivity index is 1.64. The number of rotatable bonds is 2. The molecule has 0 aliphatic heterocycles. The fraction of sp³-hybridized carbons (Fsp3) is 0.562. The van der Waals surface area contributed by atoms with Crippen molar-refractivity contribution in [3.8, 4) is 0 Å². The minimum absolute atomic E-state index is 0.0191. The van der Waals surface area contributed by atoms with Gasteiger partial charge < -0.3 is 0 Å². The first kappa shape index (κ1) is 11.6. The van der Waals surface area contributed by atoms with Gasteiger partial charge in [-0.15, -0.1) is 0 Å². The molecule has 0 spiro atoms. The molecule has 100 valence electrons. The SMILES string of the molecule is Cc1cc(C(=O)C2C3C4CCC(C4)C23)c(F)cc1F. The molecule has 3 aliphatic rings. The van der Waals surface area contributed by atoms with E-state index in [0.29, 0.717) is 29.2 Å². The van der Waals surface area contributed by atoms with Crippen LogP contribution in [0, 0.1) is 48.1 Å². The number of carbonyl (C=O) groups excluding carboxylic acids is 1. The number of hydrogen-bond donors (Lipinski definition) is 0. The average molecular weight is 262 g/mol. The molecule has 19 heavy (non-hydrogen) atoms. The van der Waals surface area contributed by atoms with Gasteiger partial charge in [0.05, 0.1) is 5.56 Å². The highest BCUT2D eigenvalue weighted by molar-refractivity contribution is 6.00. The van der Waals surface area contributed by atoms with E-state index in [4.69, 9.17) is 0 Å². The Labute approximate surface area is 111 Å². The molecular formula is C16H16F2O. The van der Waals surface area contributed by atoms with Crippen molar-refractivity contribution in [3.63, 3.8) is 0 Å². The number of halogens is 2. The molecule has 0 amide bonds. The van der Waals surface area contributed by atoms with Crippen molar-refractivity contribution in [2.24, 2.45) is 29.6 Å². The third-order valence-electron chi connectivity index (χ3n) is 5.55. The lowest BCUT2D eigenvalue weighted by Gasteiger charge is -2.09. The first-order chi connectivity index (χ1) is 9.08. The van der Waals surface area contributed by atoms with Crippen LogP contribution in [-0.4, -0.2) is 5.78 Å². The second-order valence-corrected chi connectivity index (χ2v) is 6.46. The third kappa shape index (κ3) is 1.47. The summed E-state index contributed by atoms with van der Waals surface area (Å²) in [4.78, 5) is 12.5. The summed E-state index contributed by atoms with van der Waals surface area (Å²) in [5, 5.41) is 0. The molecule has 3 heteroatoms. The lowest BCUT2D eigenvalue weighted by Crippen LogP contribution is -2.12. The lowest BCUT2D eigenvalue weighted by atomic mass is 9.95. The van der Waals surface area contributed by atoms with Gasteiger partial charge in [-0.25, -0.2) is 8.78 Å². The smallest absolute Gasteiger partial charge is 0.169 e. The number of fused-ring (bicyclic) bond motifs is 5. The topological polar surface area (TPSA) is 17.1 Å². The molecule has 1 nitrogen and oxygen atoms in total. The maximum atomic E-state index is 13.8. The number of carbonyl (C=O) groups is 1. The molecule has 3 aliphatic carbocycles. The molecule has 0 aromatic heterocycles. The van der Waals surface area contributed by atoms with Crippen LogP contribution in [-0.2, 0) is 0 Å². The van der Waals surface area contributed by atoms with Crippen LogP contribution in [0.1, 0.15) is 35.2 Å². The van der Waals surface area contributed by atoms with Crippen LogP contribution < -0.4 is 0 Å². The van der Waals surface area contributed by atoms with Gasteiger partial charge in [0.1, 0.15) is 11.6 Å². The van der Waals surface area contributed by atoms with Gasteiger partial charge in [0.2, 0.25) is 0 Å². The second-order valence-electron chi connectivity index (χ2n) is 6.46. The Morgan fingerprint density at radius 1 is 1.11 bits per heavy atom. The molecule has 1 aromatic carbocycles. The lowest BCUT2D eigenvalue weighted by molar-refractivity contribution is 0.0940. The van der Waals surface area contributed by atoms with Crippen molar-refractivity contribution in [2.45, 2.75) is 26.2 Å². The summed E-state index contributed by atoms with van der Waals surface area (Å²) in [5.74, 6) is 1.02. The zero-order valence-corrected chi connectivity index (χ0v) is 10.8. The number of aryl methyl sites for hydroxylation is 1. The molecule has 0 saturated heterocycles. The van der Waals surface area contributed by atoms with E-state index in [1.165, 1.54) is 25.3 Å². The fourth-order valence-corrected chi connectivity index (χ4v) is 4.70. The largest absolute Gasteiger partial charge is 0.294 e. The Kier molecular flexibility index (Phi) is 2.22. The number of benzene rings is 1. The Morgan fingerprint density at radius 2 is 1.74 bits per heavy atom. The van der Waals surface area contributed by atoms with Crippen molar-refractivity contribution in [2.75, 3.05) is 0 Å². The van der Waals surface area contributed by atoms with Crippen LogP contribution in [0.3, 0.4) is 0 Å². The van der Waals surface area contributed by atoms with Crippen molar-refractivity contribution in [1.82, 2.24) is 0 Å². The van der Waals surface area contributed by atoms with Gasteiger partial charge in [-0.05, 0) is 61.5 Å². The summed E-state index contributed by atoms with van der Waals surface area (Å²) in [6, 6.07) is 2.22. The van der Waals surface area contributed by atoms with E-state index in [2.05, 4.69) is 0 Å². The van der Waals surface area contributed by atoms with E-state index < -0.39 is 11.6 Å². The quantitative estimate of drug-likeness (QED) is 0.742. The second kappa shape index (κ2) is 3.65. The summed E-state index contributed by atoms with van der Waals surface area (Å²) in [6.45, 7) is 1.57. The molecule has 3 saturated carbocycles. The van der Waals surface area contributed by atoms with E-state index in [1.807, 2.05) is 0 Å². The van der Waals surface area contributed by atoms with Gasteiger partial charge in [0.25, 0.3) is 0 Å². The zero-order valence-electron chi connectivity index (χ0n) is 10.8. The fourth-order valence-electron chi connectivity index (χ4n) is 4.70. The molecule has 1 aromatic rings. The standard InChI is InChI=1S/C16H16F2O/c1-7-4-10(12(18)6-11(7)17)16(19)15-13-8-2-3-9(5-8)14(13)15/h4,6,8-9,13-15H,2-3,5H2,1H3. The molecule has 0 N–H and O–H groups in total. The summed E-state index contributed by atoms with van der Waals surface area (Å²) in [5.41, 5.74) is 0.441. The first-order valence-electron chi connectivity index (χ1n) is 7.08. The molecule has 4 atom stereocenters. The number of ketones is 1. The number of Topliss-reactive ketones (excluding diaryl/α,β-unsaturated/α-hetero) is 1. The summed E-state index contributed by atoms with van der Waals surface area (Å²) < 4.78 is 27.0. The zero-order chi connectivity index (χ0) is 13.3. The summed E-state index contributed by atoms with van der Waals surface area (Å²) in [7, 11) is 0. The van der Waals surface area contributed by atoms with Gasteiger partial charge >= 0.3 is 0 Å². The molecule has 0 heterocycles. The highest BCUT2D eigenvalue weighted by atomic mass is 19.1. The van der Waals surface area contributed by atoms with Crippen LogP contribution in [0.25, 0.3) is 0 Å². The first-order valence-corrected chi connectivity index (χ1v) is 7.08. The van der Waals surface area contributed by atoms with Crippen LogP contribution in [0.2, 0.25) is 0 Å². The molecule has 2 bridgehead atoms. The maximum absolute atomic E-state index is 13.8. The van der Waals surface area contributed by atoms with Gasteiger partial charge in [-0.2, -0.15) is 0 Å². The monoisotopic (exact) mass is 262 g/mol. The van der Waals surface area contributed by atoms with Gasteiger partial charge in [-0.1, -0.05) is 0 Å². The molecule has 3 fully saturated rings. The predicted octanol–water partition coefficient (Wildman–Crippen LogP) is 3.75. The molecule has 4 rings (SSSR count). The van der Waals surface area contributed by atoms with Crippen molar-refractivity contribution >= 4 is 5.78 Å². The van der Waals surface area contributed by atoms with Crippen molar-refractivity contribution in [1.29, 1.82) is 0 Å². The minimum atomic E-state index is -0.703. The summed E-state index contributed by atoms with van der Waals surface area (Å²) >= 11 is 0. The molecular weight excluding hydrogens is 246 g/mol. The Morgan fingerprint density at radius 3 is 2.37 bits per heavy atom. The highest BCUT2D eigenvalue weighted by Gasteiger charge is 2.67. The van der Waals surface area contributed by atoms with Gasteiger partial charge in [0, 0.05) is 12.0 Å². The van der Waals surface area contributed by atoms with E-state index in [0.717, 1.165) is 6.07 Å². The van der Waals surface area contributed by atoms with Gasteiger partial charge in [0.15, 0.2) is 5.78 Å². The van der Waals surface area contributed by atoms with Crippen LogP contribution in [0.5, 0.6) is 0 Å². The minimum Gasteiger partial charge on any atom is -0.294 e. The van der Waals surface area contributed by atoms with E-state index in [1.54, 1.807) is 6.92 Å². The molecule has 4 unspecified atom stereocenters. The van der Waals surface area contributed by atoms with E-state index in [-0.39, 0.29) is 17.3 Å². The normalized spacial score (nSPS) is 38.4. The third-order valence-corrected chi connectivity index (χ3v) is 5.55.